The number of likely N-dealkylation sites (tertiary alicyclic amines) is 2. The van der Waals surface area contributed by atoms with E-state index in [0.717, 1.165) is 57.6 Å². The van der Waals surface area contributed by atoms with Gasteiger partial charge in [-0.3, -0.25) is 9.59 Å². The molecule has 7 nitrogen and oxygen atoms in total. The zero-order valence-electron chi connectivity index (χ0n) is 15.2. The Balaban J connectivity index is 1.48. The van der Waals surface area contributed by atoms with Crippen LogP contribution < -0.4 is 0 Å². The lowest BCUT2D eigenvalue weighted by Gasteiger charge is -2.37. The molecule has 0 unspecified atom stereocenters. The average molecular weight is 348 g/mol. The number of aromatic nitrogens is 2. The van der Waals surface area contributed by atoms with Crippen LogP contribution in [0.1, 0.15) is 50.7 Å². The summed E-state index contributed by atoms with van der Waals surface area (Å²) in [6, 6.07) is 0. The Morgan fingerprint density at radius 2 is 1.92 bits per heavy atom. The van der Waals surface area contributed by atoms with Gasteiger partial charge in [-0.05, 0) is 31.6 Å². The third-order valence-electron chi connectivity index (χ3n) is 5.39. The van der Waals surface area contributed by atoms with E-state index in [4.69, 9.17) is 4.52 Å². The molecule has 2 aliphatic heterocycles. The predicted octanol–water partition coefficient (Wildman–Crippen LogP) is 1.81. The van der Waals surface area contributed by atoms with E-state index in [0.29, 0.717) is 24.8 Å². The van der Waals surface area contributed by atoms with Crippen molar-refractivity contribution in [3.8, 4) is 0 Å². The van der Waals surface area contributed by atoms with E-state index in [1.54, 1.807) is 6.92 Å². The maximum absolute atomic E-state index is 12.8. The normalized spacial score (nSPS) is 22.2. The van der Waals surface area contributed by atoms with Gasteiger partial charge in [-0.15, -0.1) is 0 Å². The van der Waals surface area contributed by atoms with E-state index in [1.165, 1.54) is 0 Å². The van der Waals surface area contributed by atoms with Crippen LogP contribution in [0.3, 0.4) is 0 Å². The maximum Gasteiger partial charge on any atom is 0.227 e. The molecule has 7 heteroatoms. The molecule has 25 heavy (non-hydrogen) atoms. The summed E-state index contributed by atoms with van der Waals surface area (Å²) in [5, 5.41) is 3.97. The predicted molar refractivity (Wildman–Crippen MR) is 91.6 cm³/mol. The third-order valence-corrected chi connectivity index (χ3v) is 5.39. The monoisotopic (exact) mass is 348 g/mol. The number of nitrogens with zero attached hydrogens (tertiary/aromatic N) is 4. The Bertz CT molecular complexity index is 607. The minimum absolute atomic E-state index is 0.0272. The molecule has 0 N–H and O–H groups in total. The van der Waals surface area contributed by atoms with Crippen LogP contribution in [0.15, 0.2) is 4.52 Å². The van der Waals surface area contributed by atoms with Crippen molar-refractivity contribution in [2.45, 2.75) is 52.4 Å². The van der Waals surface area contributed by atoms with Crippen LogP contribution in [0.25, 0.3) is 0 Å². The Kier molecular flexibility index (Phi) is 5.71. The van der Waals surface area contributed by atoms with E-state index >= 15 is 0 Å². The van der Waals surface area contributed by atoms with Crippen molar-refractivity contribution in [3.05, 3.63) is 11.7 Å². The molecule has 0 spiro atoms. The van der Waals surface area contributed by atoms with E-state index < -0.39 is 0 Å². The van der Waals surface area contributed by atoms with Gasteiger partial charge in [0, 0.05) is 45.9 Å². The molecule has 2 saturated heterocycles. The standard InChI is InChI=1S/C18H28N4O3/c1-3-17(23)22-8-4-5-15(12-22)18(24)21-9-6-14(7-10-21)11-16-19-13(2)25-20-16/h14-15H,3-12H2,1-2H3/t15-/m1/s1. The first kappa shape index (κ1) is 17.9. The molecule has 0 aliphatic carbocycles. The number of rotatable bonds is 4. The molecule has 0 saturated carbocycles. The fourth-order valence-electron chi connectivity index (χ4n) is 3.93. The van der Waals surface area contributed by atoms with Gasteiger partial charge >= 0.3 is 0 Å². The van der Waals surface area contributed by atoms with Crippen LogP contribution in [-0.4, -0.2) is 57.9 Å². The molecule has 0 bridgehead atoms. The maximum atomic E-state index is 12.8. The highest BCUT2D eigenvalue weighted by molar-refractivity contribution is 5.81. The fraction of sp³-hybridized carbons (Fsp3) is 0.778. The summed E-state index contributed by atoms with van der Waals surface area (Å²) in [5.41, 5.74) is 0. The number of amides is 2. The molecule has 2 amide bonds. The Labute approximate surface area is 148 Å². The Hall–Kier alpha value is -1.92. The van der Waals surface area contributed by atoms with Gasteiger partial charge in [0.1, 0.15) is 0 Å². The van der Waals surface area contributed by atoms with Crippen LogP contribution in [0.5, 0.6) is 0 Å². The number of carbonyl (C=O) groups excluding carboxylic acids is 2. The van der Waals surface area contributed by atoms with Gasteiger partial charge in [0.15, 0.2) is 5.82 Å². The SMILES string of the molecule is CCC(=O)N1CCC[C@@H](C(=O)N2CCC(Cc3noc(C)n3)CC2)C1. The van der Waals surface area contributed by atoms with E-state index in [2.05, 4.69) is 10.1 Å². The second kappa shape index (κ2) is 7.97. The molecule has 0 radical (unpaired) electrons. The summed E-state index contributed by atoms with van der Waals surface area (Å²) in [6.07, 6.45) is 5.11. The zero-order chi connectivity index (χ0) is 17.8. The Morgan fingerprint density at radius 1 is 1.16 bits per heavy atom. The van der Waals surface area contributed by atoms with Gasteiger partial charge in [0.25, 0.3) is 0 Å². The molecule has 3 rings (SSSR count). The summed E-state index contributed by atoms with van der Waals surface area (Å²) in [7, 11) is 0. The van der Waals surface area contributed by atoms with Crippen LogP contribution in [-0.2, 0) is 16.0 Å². The van der Waals surface area contributed by atoms with E-state index in [-0.39, 0.29) is 17.7 Å². The van der Waals surface area contributed by atoms with Crippen molar-refractivity contribution in [3.63, 3.8) is 0 Å². The number of hydrogen-bond donors (Lipinski definition) is 0. The summed E-state index contributed by atoms with van der Waals surface area (Å²) in [6.45, 7) is 6.64. The minimum atomic E-state index is -0.0272. The first-order valence-corrected chi connectivity index (χ1v) is 9.42. The van der Waals surface area contributed by atoms with Crippen LogP contribution in [0.4, 0.5) is 0 Å². The van der Waals surface area contributed by atoms with Crippen molar-refractivity contribution in [2.75, 3.05) is 26.2 Å². The molecular formula is C18H28N4O3. The molecule has 2 aliphatic rings. The quantitative estimate of drug-likeness (QED) is 0.829. The van der Waals surface area contributed by atoms with Gasteiger partial charge in [0.2, 0.25) is 17.7 Å². The van der Waals surface area contributed by atoms with Crippen LogP contribution >= 0.6 is 0 Å². The van der Waals surface area contributed by atoms with Gasteiger partial charge in [-0.25, -0.2) is 0 Å². The molecule has 1 atom stereocenters. The number of aryl methyl sites for hydroxylation is 1. The lowest BCUT2D eigenvalue weighted by molar-refractivity contribution is -0.141. The lowest BCUT2D eigenvalue weighted by Crippen LogP contribution is -2.48. The average Bonchev–Trinajstić information content (AvgIpc) is 3.06. The van der Waals surface area contributed by atoms with Crippen LogP contribution in [0.2, 0.25) is 0 Å². The number of hydrogen-bond acceptors (Lipinski definition) is 5. The third kappa shape index (κ3) is 4.38. The van der Waals surface area contributed by atoms with E-state index in [1.807, 2.05) is 16.7 Å². The van der Waals surface area contributed by atoms with Crippen molar-refractivity contribution < 1.29 is 14.1 Å². The van der Waals surface area contributed by atoms with Crippen molar-refractivity contribution in [1.29, 1.82) is 0 Å². The fourth-order valence-corrected chi connectivity index (χ4v) is 3.93. The van der Waals surface area contributed by atoms with Gasteiger partial charge in [-0.1, -0.05) is 12.1 Å². The van der Waals surface area contributed by atoms with E-state index in [9.17, 15) is 9.59 Å². The number of carbonyl (C=O) groups is 2. The summed E-state index contributed by atoms with van der Waals surface area (Å²) >= 11 is 0. The molecule has 1 aromatic rings. The molecule has 3 heterocycles. The second-order valence-corrected chi connectivity index (χ2v) is 7.23. The molecular weight excluding hydrogens is 320 g/mol. The molecule has 2 fully saturated rings. The van der Waals surface area contributed by atoms with Crippen molar-refractivity contribution in [1.82, 2.24) is 19.9 Å². The highest BCUT2D eigenvalue weighted by Crippen LogP contribution is 2.25. The zero-order valence-corrected chi connectivity index (χ0v) is 15.2. The second-order valence-electron chi connectivity index (χ2n) is 7.23. The van der Waals surface area contributed by atoms with Gasteiger partial charge < -0.3 is 14.3 Å². The highest BCUT2D eigenvalue weighted by atomic mass is 16.5. The lowest BCUT2D eigenvalue weighted by atomic mass is 9.91. The topological polar surface area (TPSA) is 79.5 Å². The van der Waals surface area contributed by atoms with Crippen molar-refractivity contribution in [2.24, 2.45) is 11.8 Å². The first-order chi connectivity index (χ1) is 12.1. The summed E-state index contributed by atoms with van der Waals surface area (Å²) in [4.78, 5) is 32.9. The largest absolute Gasteiger partial charge is 0.342 e. The van der Waals surface area contributed by atoms with Crippen molar-refractivity contribution >= 4 is 11.8 Å². The highest BCUT2D eigenvalue weighted by Gasteiger charge is 2.32. The van der Waals surface area contributed by atoms with Gasteiger partial charge in [-0.2, -0.15) is 4.98 Å². The summed E-state index contributed by atoms with van der Waals surface area (Å²) in [5.74, 6) is 2.23. The smallest absolute Gasteiger partial charge is 0.227 e. The number of piperidine rings is 2. The molecule has 1 aromatic heterocycles. The Morgan fingerprint density at radius 3 is 2.56 bits per heavy atom. The molecule has 0 aromatic carbocycles. The summed E-state index contributed by atoms with van der Waals surface area (Å²) < 4.78 is 5.03. The minimum Gasteiger partial charge on any atom is -0.342 e. The van der Waals surface area contributed by atoms with Gasteiger partial charge in [0.05, 0.1) is 5.92 Å². The van der Waals surface area contributed by atoms with Crippen LogP contribution in [0, 0.1) is 18.8 Å². The molecule has 138 valence electrons. The first-order valence-electron chi connectivity index (χ1n) is 9.42.